The number of rotatable bonds is 2. The van der Waals surface area contributed by atoms with Crippen LogP contribution in [0.25, 0.3) is 0 Å². The largest absolute Gasteiger partial charge is 0.438 e. The number of hydrogen-bond donors (Lipinski definition) is 1. The zero-order valence-corrected chi connectivity index (χ0v) is 6.21. The van der Waals surface area contributed by atoms with E-state index < -0.39 is 6.09 Å². The molecule has 1 saturated carbocycles. The Balaban J connectivity index is 1.98. The Hall–Kier alpha value is -0.770. The molecule has 0 spiro atoms. The van der Waals surface area contributed by atoms with Crippen molar-refractivity contribution in [1.82, 2.24) is 0 Å². The smallest absolute Gasteiger partial charge is 0.405 e. The van der Waals surface area contributed by atoms with Gasteiger partial charge in [0.2, 0.25) is 0 Å². The number of carbonyl (C=O) groups is 1. The lowest BCUT2D eigenvalue weighted by molar-refractivity contribution is -0.188. The summed E-state index contributed by atoms with van der Waals surface area (Å²) < 4.78 is 10.0. The van der Waals surface area contributed by atoms with Crippen molar-refractivity contribution in [3.05, 3.63) is 0 Å². The zero-order valence-electron chi connectivity index (χ0n) is 6.21. The van der Waals surface area contributed by atoms with Gasteiger partial charge in [-0.3, -0.25) is 0 Å². The molecule has 1 saturated heterocycles. The van der Waals surface area contributed by atoms with Gasteiger partial charge in [0.1, 0.15) is 0 Å². The fourth-order valence-corrected chi connectivity index (χ4v) is 1.49. The molecule has 0 aromatic rings. The highest BCUT2D eigenvalue weighted by atomic mass is 16.6. The Bertz CT molecular complexity index is 184. The Kier molecular flexibility index (Phi) is 1.32. The van der Waals surface area contributed by atoms with E-state index in [1.54, 1.807) is 0 Å². The van der Waals surface area contributed by atoms with Gasteiger partial charge in [-0.05, 0) is 12.8 Å². The van der Waals surface area contributed by atoms with Crippen LogP contribution in [0.2, 0.25) is 0 Å². The highest BCUT2D eigenvalue weighted by Crippen LogP contribution is 2.45. The summed E-state index contributed by atoms with van der Waals surface area (Å²) in [5, 5.41) is 0. The molecule has 2 fully saturated rings. The van der Waals surface area contributed by atoms with Gasteiger partial charge >= 0.3 is 6.09 Å². The van der Waals surface area contributed by atoms with Crippen LogP contribution in [0.4, 0.5) is 4.79 Å². The third-order valence-corrected chi connectivity index (χ3v) is 2.32. The van der Waals surface area contributed by atoms with Crippen LogP contribution >= 0.6 is 0 Å². The fraction of sp³-hybridized carbons (Fsp3) is 0.857. The van der Waals surface area contributed by atoms with Crippen LogP contribution in [0, 0.1) is 5.92 Å². The van der Waals surface area contributed by atoms with Gasteiger partial charge in [-0.15, -0.1) is 0 Å². The summed E-state index contributed by atoms with van der Waals surface area (Å²) in [4.78, 5) is 10.5. The van der Waals surface area contributed by atoms with Crippen LogP contribution in [-0.2, 0) is 9.47 Å². The molecule has 1 aliphatic heterocycles. The minimum absolute atomic E-state index is 0.341. The molecule has 1 amide bonds. The van der Waals surface area contributed by atoms with E-state index in [-0.39, 0.29) is 5.60 Å². The maximum Gasteiger partial charge on any atom is 0.405 e. The van der Waals surface area contributed by atoms with E-state index in [1.807, 2.05) is 0 Å². The van der Waals surface area contributed by atoms with E-state index in [0.29, 0.717) is 19.1 Å². The minimum atomic E-state index is -0.680. The average molecular weight is 157 g/mol. The van der Waals surface area contributed by atoms with Gasteiger partial charge in [0.15, 0.2) is 5.60 Å². The predicted octanol–water partition coefficient (Wildman–Crippen LogP) is 0.261. The summed E-state index contributed by atoms with van der Waals surface area (Å²) >= 11 is 0. The summed E-state index contributed by atoms with van der Waals surface area (Å²) in [6.45, 7) is 1.06. The van der Waals surface area contributed by atoms with Gasteiger partial charge in [-0.1, -0.05) is 0 Å². The second-order valence-corrected chi connectivity index (χ2v) is 3.25. The normalized spacial score (nSPS) is 27.3. The first kappa shape index (κ1) is 6.91. The third kappa shape index (κ3) is 1.07. The molecule has 4 nitrogen and oxygen atoms in total. The average Bonchev–Trinajstić information content (AvgIpc) is 2.59. The van der Waals surface area contributed by atoms with E-state index >= 15 is 0 Å². The molecular weight excluding hydrogens is 146 g/mol. The summed E-state index contributed by atoms with van der Waals surface area (Å²) in [6, 6.07) is 0. The first-order valence-electron chi connectivity index (χ1n) is 3.79. The van der Waals surface area contributed by atoms with Crippen molar-refractivity contribution in [1.29, 1.82) is 0 Å². The van der Waals surface area contributed by atoms with Crippen molar-refractivity contribution in [2.45, 2.75) is 18.4 Å². The molecule has 0 atom stereocenters. The van der Waals surface area contributed by atoms with Crippen molar-refractivity contribution < 1.29 is 14.3 Å². The van der Waals surface area contributed by atoms with Crippen molar-refractivity contribution >= 4 is 6.09 Å². The van der Waals surface area contributed by atoms with Crippen LogP contribution in [-0.4, -0.2) is 24.9 Å². The van der Waals surface area contributed by atoms with Crippen LogP contribution in [0.15, 0.2) is 0 Å². The molecule has 11 heavy (non-hydrogen) atoms. The zero-order chi connectivity index (χ0) is 7.90. The molecule has 4 heteroatoms. The Morgan fingerprint density at radius 1 is 1.55 bits per heavy atom. The van der Waals surface area contributed by atoms with Crippen LogP contribution < -0.4 is 5.73 Å². The summed E-state index contributed by atoms with van der Waals surface area (Å²) in [5.41, 5.74) is 4.60. The highest BCUT2D eigenvalue weighted by molar-refractivity contribution is 5.65. The van der Waals surface area contributed by atoms with Gasteiger partial charge in [-0.25, -0.2) is 4.79 Å². The molecule has 62 valence electrons. The number of carbonyl (C=O) groups excluding carboxylic acids is 1. The predicted molar refractivity (Wildman–Crippen MR) is 36.9 cm³/mol. The quantitative estimate of drug-likeness (QED) is 0.625. The number of hydrogen-bond acceptors (Lipinski definition) is 3. The third-order valence-electron chi connectivity index (χ3n) is 2.32. The summed E-state index contributed by atoms with van der Waals surface area (Å²) in [7, 11) is 0. The lowest BCUT2D eigenvalue weighted by Crippen LogP contribution is -2.55. The van der Waals surface area contributed by atoms with Crippen molar-refractivity contribution in [2.24, 2.45) is 11.7 Å². The molecule has 1 heterocycles. The van der Waals surface area contributed by atoms with Gasteiger partial charge in [0.25, 0.3) is 0 Å². The number of primary amides is 1. The Labute approximate surface area is 64.6 Å². The van der Waals surface area contributed by atoms with E-state index in [9.17, 15) is 4.79 Å². The highest BCUT2D eigenvalue weighted by Gasteiger charge is 2.53. The Morgan fingerprint density at radius 3 is 2.45 bits per heavy atom. The second-order valence-electron chi connectivity index (χ2n) is 3.25. The molecule has 0 bridgehead atoms. The van der Waals surface area contributed by atoms with E-state index in [2.05, 4.69) is 0 Å². The van der Waals surface area contributed by atoms with Crippen LogP contribution in [0.1, 0.15) is 12.8 Å². The molecule has 0 unspecified atom stereocenters. The lowest BCUT2D eigenvalue weighted by Gasteiger charge is -2.40. The number of amides is 1. The topological polar surface area (TPSA) is 61.6 Å². The summed E-state index contributed by atoms with van der Waals surface area (Å²) in [6.07, 6.45) is 1.59. The minimum Gasteiger partial charge on any atom is -0.438 e. The number of ether oxygens (including phenoxy) is 2. The van der Waals surface area contributed by atoms with Crippen molar-refractivity contribution in [2.75, 3.05) is 13.2 Å². The molecule has 1 aliphatic carbocycles. The maximum absolute atomic E-state index is 10.5. The van der Waals surface area contributed by atoms with Crippen molar-refractivity contribution in [3.8, 4) is 0 Å². The van der Waals surface area contributed by atoms with Crippen molar-refractivity contribution in [3.63, 3.8) is 0 Å². The van der Waals surface area contributed by atoms with Gasteiger partial charge in [0, 0.05) is 5.92 Å². The van der Waals surface area contributed by atoms with E-state index in [4.69, 9.17) is 15.2 Å². The van der Waals surface area contributed by atoms with Crippen LogP contribution in [0.5, 0.6) is 0 Å². The van der Waals surface area contributed by atoms with Gasteiger partial charge in [-0.2, -0.15) is 0 Å². The first-order valence-corrected chi connectivity index (χ1v) is 3.79. The molecule has 2 aliphatic rings. The SMILES string of the molecule is NC(=O)OC1(C2CC2)COC1. The Morgan fingerprint density at radius 2 is 2.18 bits per heavy atom. The maximum atomic E-state index is 10.5. The van der Waals surface area contributed by atoms with Crippen LogP contribution in [0.3, 0.4) is 0 Å². The fourth-order valence-electron chi connectivity index (χ4n) is 1.49. The molecule has 0 aromatic carbocycles. The molecule has 2 N–H and O–H groups in total. The molecule has 2 rings (SSSR count). The first-order chi connectivity index (χ1) is 5.23. The standard InChI is InChI=1S/C7H11NO3/c8-6(9)11-7(3-10-4-7)5-1-2-5/h5H,1-4H2,(H2,8,9). The monoisotopic (exact) mass is 157 g/mol. The second kappa shape index (κ2) is 2.11. The number of nitrogens with two attached hydrogens (primary N) is 1. The molecule has 0 radical (unpaired) electrons. The lowest BCUT2D eigenvalue weighted by atomic mass is 9.96. The molecular formula is C7H11NO3. The van der Waals surface area contributed by atoms with E-state index in [0.717, 1.165) is 12.8 Å². The molecule has 0 aromatic heterocycles. The summed E-state index contributed by atoms with van der Waals surface area (Å²) in [5.74, 6) is 0.503. The van der Waals surface area contributed by atoms with Gasteiger partial charge < -0.3 is 15.2 Å². The van der Waals surface area contributed by atoms with Gasteiger partial charge in [0.05, 0.1) is 13.2 Å². The van der Waals surface area contributed by atoms with E-state index in [1.165, 1.54) is 0 Å².